The predicted octanol–water partition coefficient (Wildman–Crippen LogP) is 2.30. The third-order valence-corrected chi connectivity index (χ3v) is 1.62. The molecule has 0 radical (unpaired) electrons. The molecule has 1 heterocycles. The van der Waals surface area contributed by atoms with Crippen molar-refractivity contribution in [1.29, 1.82) is 0 Å². The smallest absolute Gasteiger partial charge is 0.169 e. The molecule has 0 saturated heterocycles. The number of carbonyl (C=O) groups is 1. The van der Waals surface area contributed by atoms with Gasteiger partial charge < -0.3 is 4.98 Å². The first-order valence-electron chi connectivity index (χ1n) is 3.65. The van der Waals surface area contributed by atoms with Gasteiger partial charge in [-0.15, -0.1) is 0 Å². The van der Waals surface area contributed by atoms with Crippen molar-refractivity contribution in [2.45, 2.75) is 13.3 Å². The highest BCUT2D eigenvalue weighted by molar-refractivity contribution is 6.31. The topological polar surface area (TPSA) is 45.8 Å². The van der Waals surface area contributed by atoms with Crippen molar-refractivity contribution < 1.29 is 4.79 Å². The Kier molecular flexibility index (Phi) is 3.05. The summed E-state index contributed by atoms with van der Waals surface area (Å²) in [6.07, 6.45) is 5.30. The Morgan fingerprint density at radius 3 is 2.92 bits per heavy atom. The van der Waals surface area contributed by atoms with Gasteiger partial charge >= 0.3 is 0 Å². The lowest BCUT2D eigenvalue weighted by atomic mass is 10.4. The fraction of sp³-hybridized carbons (Fsp3) is 0.250. The lowest BCUT2D eigenvalue weighted by Crippen LogP contribution is -1.78. The van der Waals surface area contributed by atoms with E-state index in [4.69, 9.17) is 11.6 Å². The average Bonchev–Trinajstić information content (AvgIpc) is 2.43. The normalized spacial score (nSPS) is 10.8. The fourth-order valence-electron chi connectivity index (χ4n) is 0.770. The number of nitrogens with one attached hydrogen (secondary N) is 1. The summed E-state index contributed by atoms with van der Waals surface area (Å²) in [5.41, 5.74) is 0.326. The molecule has 1 N–H and O–H groups in total. The van der Waals surface area contributed by atoms with Gasteiger partial charge in [0.15, 0.2) is 11.4 Å². The van der Waals surface area contributed by atoms with Gasteiger partial charge in [-0.2, -0.15) is 0 Å². The molecular weight excluding hydrogens is 176 g/mol. The summed E-state index contributed by atoms with van der Waals surface area (Å²) < 4.78 is 0. The van der Waals surface area contributed by atoms with E-state index in [9.17, 15) is 4.79 Å². The molecule has 0 fully saturated rings. The molecule has 1 aromatic heterocycles. The molecule has 0 spiro atoms. The van der Waals surface area contributed by atoms with Crippen LogP contribution in [0.25, 0.3) is 6.08 Å². The zero-order chi connectivity index (χ0) is 8.97. The van der Waals surface area contributed by atoms with E-state index in [1.807, 2.05) is 13.0 Å². The SMILES string of the molecule is CC/C=C/c1nc(Cl)c(C=O)[nH]1. The van der Waals surface area contributed by atoms with Crippen molar-refractivity contribution in [3.63, 3.8) is 0 Å². The third kappa shape index (κ3) is 1.95. The van der Waals surface area contributed by atoms with Crippen LogP contribution in [0.1, 0.15) is 29.7 Å². The predicted molar refractivity (Wildman–Crippen MR) is 48.3 cm³/mol. The molecule has 0 aliphatic rings. The van der Waals surface area contributed by atoms with Crippen LogP contribution in [0, 0.1) is 0 Å². The number of aldehydes is 1. The Hall–Kier alpha value is -1.09. The first-order chi connectivity index (χ1) is 5.77. The number of allylic oxidation sites excluding steroid dienone is 1. The molecule has 1 aromatic rings. The Bertz CT molecular complexity index is 304. The summed E-state index contributed by atoms with van der Waals surface area (Å²) in [6.45, 7) is 2.02. The van der Waals surface area contributed by atoms with E-state index < -0.39 is 0 Å². The lowest BCUT2D eigenvalue weighted by Gasteiger charge is -1.80. The van der Waals surface area contributed by atoms with Gasteiger partial charge in [0.05, 0.1) is 0 Å². The highest BCUT2D eigenvalue weighted by Crippen LogP contribution is 2.11. The Labute approximate surface area is 75.5 Å². The summed E-state index contributed by atoms with van der Waals surface area (Å²) in [5.74, 6) is 0.615. The van der Waals surface area contributed by atoms with Crippen LogP contribution in [0.4, 0.5) is 0 Å². The van der Waals surface area contributed by atoms with Crippen LogP contribution >= 0.6 is 11.6 Å². The number of hydrogen-bond donors (Lipinski definition) is 1. The van der Waals surface area contributed by atoms with E-state index in [-0.39, 0.29) is 5.15 Å². The molecule has 64 valence electrons. The maximum Gasteiger partial charge on any atom is 0.169 e. The van der Waals surface area contributed by atoms with Crippen molar-refractivity contribution in [3.8, 4) is 0 Å². The summed E-state index contributed by atoms with van der Waals surface area (Å²) in [7, 11) is 0. The first kappa shape index (κ1) is 9.00. The molecule has 0 amide bonds. The molecule has 0 aliphatic heterocycles. The Morgan fingerprint density at radius 1 is 1.67 bits per heavy atom. The number of H-pyrrole nitrogens is 1. The molecule has 0 aliphatic carbocycles. The highest BCUT2D eigenvalue weighted by Gasteiger charge is 2.03. The summed E-state index contributed by atoms with van der Waals surface area (Å²) in [6, 6.07) is 0. The first-order valence-corrected chi connectivity index (χ1v) is 4.03. The second-order valence-electron chi connectivity index (χ2n) is 2.25. The maximum atomic E-state index is 10.3. The summed E-state index contributed by atoms with van der Waals surface area (Å²) in [5, 5.41) is 0.223. The minimum Gasteiger partial charge on any atom is -0.335 e. The minimum atomic E-state index is 0.223. The van der Waals surface area contributed by atoms with Crippen molar-refractivity contribution in [1.82, 2.24) is 9.97 Å². The average molecular weight is 185 g/mol. The second-order valence-corrected chi connectivity index (χ2v) is 2.61. The van der Waals surface area contributed by atoms with E-state index in [2.05, 4.69) is 9.97 Å². The number of aromatic amines is 1. The van der Waals surface area contributed by atoms with Crippen LogP contribution in [0.5, 0.6) is 0 Å². The van der Waals surface area contributed by atoms with Crippen molar-refractivity contribution in [2.24, 2.45) is 0 Å². The molecule has 4 heteroatoms. The largest absolute Gasteiger partial charge is 0.335 e. The third-order valence-electron chi connectivity index (χ3n) is 1.33. The number of nitrogens with zero attached hydrogens (tertiary/aromatic N) is 1. The number of carbonyl (C=O) groups excluding carboxylic acids is 1. The molecule has 1 rings (SSSR count). The number of hydrogen-bond acceptors (Lipinski definition) is 2. The molecule has 0 saturated carbocycles. The van der Waals surface area contributed by atoms with Crippen molar-refractivity contribution in [3.05, 3.63) is 22.7 Å². The van der Waals surface area contributed by atoms with E-state index in [1.165, 1.54) is 0 Å². The van der Waals surface area contributed by atoms with Crippen LogP contribution in [-0.4, -0.2) is 16.3 Å². The van der Waals surface area contributed by atoms with Gasteiger partial charge in [0, 0.05) is 0 Å². The zero-order valence-electron chi connectivity index (χ0n) is 6.67. The van der Waals surface area contributed by atoms with Gasteiger partial charge in [0.2, 0.25) is 0 Å². The fourth-order valence-corrected chi connectivity index (χ4v) is 0.953. The number of aromatic nitrogens is 2. The minimum absolute atomic E-state index is 0.223. The van der Waals surface area contributed by atoms with Gasteiger partial charge in [-0.05, 0) is 12.5 Å². The van der Waals surface area contributed by atoms with Gasteiger partial charge in [-0.3, -0.25) is 4.79 Å². The summed E-state index contributed by atoms with van der Waals surface area (Å²) in [4.78, 5) is 17.0. The quantitative estimate of drug-likeness (QED) is 0.733. The van der Waals surface area contributed by atoms with E-state index >= 15 is 0 Å². The van der Waals surface area contributed by atoms with Crippen LogP contribution in [0.3, 0.4) is 0 Å². The summed E-state index contributed by atoms with van der Waals surface area (Å²) >= 11 is 5.62. The van der Waals surface area contributed by atoms with E-state index in [1.54, 1.807) is 6.08 Å². The standard InChI is InChI=1S/C8H9ClN2O/c1-2-3-4-7-10-6(5-12)8(9)11-7/h3-5H,2H2,1H3,(H,10,11)/b4-3+. The monoisotopic (exact) mass is 184 g/mol. The van der Waals surface area contributed by atoms with Gasteiger partial charge in [0.1, 0.15) is 11.5 Å². The molecule has 0 bridgehead atoms. The molecule has 3 nitrogen and oxygen atoms in total. The van der Waals surface area contributed by atoms with Crippen LogP contribution in [0.15, 0.2) is 6.08 Å². The maximum absolute atomic E-state index is 10.3. The van der Waals surface area contributed by atoms with Crippen molar-refractivity contribution in [2.75, 3.05) is 0 Å². The second kappa shape index (κ2) is 4.07. The number of imidazole rings is 1. The molecule has 0 atom stereocenters. The molecule has 12 heavy (non-hydrogen) atoms. The molecule has 0 unspecified atom stereocenters. The van der Waals surface area contributed by atoms with Crippen molar-refractivity contribution >= 4 is 24.0 Å². The van der Waals surface area contributed by atoms with Crippen LogP contribution < -0.4 is 0 Å². The van der Waals surface area contributed by atoms with Crippen LogP contribution in [0.2, 0.25) is 5.15 Å². The zero-order valence-corrected chi connectivity index (χ0v) is 7.43. The van der Waals surface area contributed by atoms with E-state index in [0.717, 1.165) is 6.42 Å². The lowest BCUT2D eigenvalue weighted by molar-refractivity contribution is 0.111. The number of halogens is 1. The van der Waals surface area contributed by atoms with Gasteiger partial charge in [0.25, 0.3) is 0 Å². The van der Waals surface area contributed by atoms with Crippen LogP contribution in [-0.2, 0) is 0 Å². The van der Waals surface area contributed by atoms with E-state index in [0.29, 0.717) is 17.8 Å². The molecule has 0 aromatic carbocycles. The number of rotatable bonds is 3. The highest BCUT2D eigenvalue weighted by atomic mass is 35.5. The Morgan fingerprint density at radius 2 is 2.42 bits per heavy atom. The van der Waals surface area contributed by atoms with Gasteiger partial charge in [-0.25, -0.2) is 4.98 Å². The Balaban J connectivity index is 2.89. The van der Waals surface area contributed by atoms with Gasteiger partial charge in [-0.1, -0.05) is 24.6 Å². The molecular formula is C8H9ClN2O.